The molecule has 18 heavy (non-hydrogen) atoms. The summed E-state index contributed by atoms with van der Waals surface area (Å²) < 4.78 is 0. The number of Topliss-reactive ketones (excluding diaryl/α,β-unsaturated/α-hetero) is 1. The molecule has 0 atom stereocenters. The summed E-state index contributed by atoms with van der Waals surface area (Å²) in [4.78, 5) is 31.8. The molecule has 1 aromatic rings. The van der Waals surface area contributed by atoms with Gasteiger partial charge in [0.1, 0.15) is 11.5 Å². The van der Waals surface area contributed by atoms with Crippen LogP contribution in [0.4, 0.5) is 4.79 Å². The van der Waals surface area contributed by atoms with E-state index in [1.54, 1.807) is 0 Å². The van der Waals surface area contributed by atoms with Gasteiger partial charge in [-0.2, -0.15) is 0 Å². The van der Waals surface area contributed by atoms with Crippen LogP contribution < -0.4 is 0 Å². The summed E-state index contributed by atoms with van der Waals surface area (Å²) in [6.07, 6.45) is 2.77. The molecule has 1 amide bonds. The molecule has 0 unspecified atom stereocenters. The highest BCUT2D eigenvalue weighted by atomic mass is 35.5. The lowest BCUT2D eigenvalue weighted by Gasteiger charge is -2.29. The predicted octanol–water partition coefficient (Wildman–Crippen LogP) is 1.70. The number of rotatable bonds is 2. The molecule has 0 aromatic carbocycles. The average molecular weight is 270 g/mol. The molecule has 7 heteroatoms. The molecule has 1 aliphatic rings. The number of piperidine rings is 1. The van der Waals surface area contributed by atoms with Gasteiger partial charge < -0.3 is 10.0 Å². The summed E-state index contributed by atoms with van der Waals surface area (Å²) in [6, 6.07) is 0. The van der Waals surface area contributed by atoms with Crippen molar-refractivity contribution in [1.29, 1.82) is 0 Å². The molecule has 0 bridgehead atoms. The highest BCUT2D eigenvalue weighted by molar-refractivity contribution is 6.32. The van der Waals surface area contributed by atoms with E-state index in [1.165, 1.54) is 17.4 Å². The maximum Gasteiger partial charge on any atom is 0.407 e. The highest BCUT2D eigenvalue weighted by Gasteiger charge is 2.29. The van der Waals surface area contributed by atoms with Gasteiger partial charge >= 0.3 is 6.09 Å². The van der Waals surface area contributed by atoms with Crippen LogP contribution in [0.2, 0.25) is 5.15 Å². The van der Waals surface area contributed by atoms with Gasteiger partial charge in [0.2, 0.25) is 0 Å². The van der Waals surface area contributed by atoms with Gasteiger partial charge in [-0.15, -0.1) is 0 Å². The first kappa shape index (κ1) is 12.8. The molecule has 2 rings (SSSR count). The molecular weight excluding hydrogens is 258 g/mol. The van der Waals surface area contributed by atoms with E-state index in [0.717, 1.165) is 0 Å². The number of nitrogens with zero attached hydrogens (tertiary/aromatic N) is 3. The number of amides is 1. The number of likely N-dealkylation sites (tertiary alicyclic amines) is 1. The SMILES string of the molecule is O=C(c1cncnc1Cl)C1CCN(C(=O)O)CC1. The molecule has 1 saturated heterocycles. The van der Waals surface area contributed by atoms with Crippen molar-refractivity contribution in [2.45, 2.75) is 12.8 Å². The largest absolute Gasteiger partial charge is 0.465 e. The Morgan fingerprint density at radius 3 is 2.61 bits per heavy atom. The molecule has 0 aliphatic carbocycles. The maximum absolute atomic E-state index is 12.2. The van der Waals surface area contributed by atoms with Crippen molar-refractivity contribution in [1.82, 2.24) is 14.9 Å². The lowest BCUT2D eigenvalue weighted by atomic mass is 9.90. The van der Waals surface area contributed by atoms with Crippen LogP contribution in [0, 0.1) is 5.92 Å². The molecule has 1 aliphatic heterocycles. The van der Waals surface area contributed by atoms with Crippen molar-refractivity contribution in [3.8, 4) is 0 Å². The first-order valence-corrected chi connectivity index (χ1v) is 5.95. The van der Waals surface area contributed by atoms with E-state index in [0.29, 0.717) is 31.5 Å². The molecular formula is C11H12ClN3O3. The molecule has 1 aromatic heterocycles. The third kappa shape index (κ3) is 2.59. The highest BCUT2D eigenvalue weighted by Crippen LogP contribution is 2.24. The lowest BCUT2D eigenvalue weighted by Crippen LogP contribution is -2.39. The molecule has 0 radical (unpaired) electrons. The Labute approximate surface area is 109 Å². The molecule has 96 valence electrons. The summed E-state index contributed by atoms with van der Waals surface area (Å²) in [5.41, 5.74) is 0.313. The van der Waals surface area contributed by atoms with Crippen LogP contribution in [0.25, 0.3) is 0 Å². The molecule has 0 saturated carbocycles. The van der Waals surface area contributed by atoms with Crippen molar-refractivity contribution in [2.75, 3.05) is 13.1 Å². The predicted molar refractivity (Wildman–Crippen MR) is 63.7 cm³/mol. The van der Waals surface area contributed by atoms with Crippen molar-refractivity contribution in [3.05, 3.63) is 23.2 Å². The summed E-state index contributed by atoms with van der Waals surface area (Å²) in [7, 11) is 0. The van der Waals surface area contributed by atoms with Crippen LogP contribution in [0.1, 0.15) is 23.2 Å². The van der Waals surface area contributed by atoms with E-state index in [1.807, 2.05) is 0 Å². The van der Waals surface area contributed by atoms with Crippen molar-refractivity contribution >= 4 is 23.5 Å². The zero-order chi connectivity index (χ0) is 13.1. The average Bonchev–Trinajstić information content (AvgIpc) is 2.38. The minimum Gasteiger partial charge on any atom is -0.465 e. The van der Waals surface area contributed by atoms with Crippen molar-refractivity contribution in [2.24, 2.45) is 5.92 Å². The number of halogens is 1. The second-order valence-electron chi connectivity index (χ2n) is 4.14. The molecule has 1 fully saturated rings. The van der Waals surface area contributed by atoms with Gasteiger partial charge in [-0.1, -0.05) is 11.6 Å². The Bertz CT molecular complexity index is 472. The van der Waals surface area contributed by atoms with Crippen LogP contribution in [0.15, 0.2) is 12.5 Å². The summed E-state index contributed by atoms with van der Waals surface area (Å²) in [6.45, 7) is 0.744. The lowest BCUT2D eigenvalue weighted by molar-refractivity contribution is 0.0820. The van der Waals surface area contributed by atoms with Crippen LogP contribution >= 0.6 is 11.6 Å². The first-order valence-electron chi connectivity index (χ1n) is 5.57. The summed E-state index contributed by atoms with van der Waals surface area (Å²) in [5, 5.41) is 8.97. The number of hydrogen-bond donors (Lipinski definition) is 1. The van der Waals surface area contributed by atoms with Gasteiger partial charge in [0.05, 0.1) is 5.56 Å². The van der Waals surface area contributed by atoms with E-state index in [4.69, 9.17) is 16.7 Å². The first-order chi connectivity index (χ1) is 8.59. The maximum atomic E-state index is 12.2. The summed E-state index contributed by atoms with van der Waals surface area (Å²) >= 11 is 5.84. The number of hydrogen-bond acceptors (Lipinski definition) is 4. The monoisotopic (exact) mass is 269 g/mol. The fraction of sp³-hybridized carbons (Fsp3) is 0.455. The number of carbonyl (C=O) groups is 2. The second kappa shape index (κ2) is 5.30. The number of carbonyl (C=O) groups excluding carboxylic acids is 1. The minimum atomic E-state index is -0.943. The Balaban J connectivity index is 2.04. The van der Waals surface area contributed by atoms with Gasteiger partial charge in [0.15, 0.2) is 5.78 Å². The van der Waals surface area contributed by atoms with Crippen LogP contribution in [0.3, 0.4) is 0 Å². The zero-order valence-electron chi connectivity index (χ0n) is 9.54. The Hall–Kier alpha value is -1.69. The van der Waals surface area contributed by atoms with E-state index >= 15 is 0 Å². The normalized spacial score (nSPS) is 16.6. The standard InChI is InChI=1S/C11H12ClN3O3/c12-10-8(5-13-6-14-10)9(16)7-1-3-15(4-2-7)11(17)18/h5-7H,1-4H2,(H,17,18). The van der Waals surface area contributed by atoms with Crippen molar-refractivity contribution in [3.63, 3.8) is 0 Å². The van der Waals surface area contributed by atoms with Gasteiger partial charge in [-0.3, -0.25) is 4.79 Å². The fourth-order valence-corrected chi connectivity index (χ4v) is 2.22. The summed E-state index contributed by atoms with van der Waals surface area (Å²) in [5.74, 6) is -0.310. The quantitative estimate of drug-likeness (QED) is 0.653. The smallest absolute Gasteiger partial charge is 0.407 e. The Morgan fingerprint density at radius 2 is 2.06 bits per heavy atom. The van der Waals surface area contributed by atoms with E-state index in [-0.39, 0.29) is 16.9 Å². The molecule has 6 nitrogen and oxygen atoms in total. The minimum absolute atomic E-state index is 0.106. The topological polar surface area (TPSA) is 83.4 Å². The third-order valence-corrected chi connectivity index (χ3v) is 3.37. The Morgan fingerprint density at radius 1 is 1.39 bits per heavy atom. The van der Waals surface area contributed by atoms with Crippen LogP contribution in [-0.4, -0.2) is 44.9 Å². The van der Waals surface area contributed by atoms with E-state index < -0.39 is 6.09 Å². The second-order valence-corrected chi connectivity index (χ2v) is 4.49. The van der Waals surface area contributed by atoms with Crippen LogP contribution in [0.5, 0.6) is 0 Å². The van der Waals surface area contributed by atoms with Gasteiger partial charge in [-0.25, -0.2) is 14.8 Å². The van der Waals surface area contributed by atoms with Gasteiger partial charge in [-0.05, 0) is 12.8 Å². The Kier molecular flexibility index (Phi) is 3.76. The number of ketones is 1. The van der Waals surface area contributed by atoms with E-state index in [9.17, 15) is 9.59 Å². The van der Waals surface area contributed by atoms with E-state index in [2.05, 4.69) is 9.97 Å². The van der Waals surface area contributed by atoms with Gasteiger partial charge in [0, 0.05) is 25.2 Å². The fourth-order valence-electron chi connectivity index (χ4n) is 2.03. The van der Waals surface area contributed by atoms with Crippen LogP contribution in [-0.2, 0) is 0 Å². The molecule has 2 heterocycles. The number of carboxylic acid groups (broad SMARTS) is 1. The van der Waals surface area contributed by atoms with Gasteiger partial charge in [0.25, 0.3) is 0 Å². The van der Waals surface area contributed by atoms with Crippen molar-refractivity contribution < 1.29 is 14.7 Å². The number of aromatic nitrogens is 2. The molecule has 0 spiro atoms. The third-order valence-electron chi connectivity index (χ3n) is 3.07. The molecule has 1 N–H and O–H groups in total. The zero-order valence-corrected chi connectivity index (χ0v) is 10.3.